The Balaban J connectivity index is 1.46. The SMILES string of the molecule is Cc1nonc1CC(=O)N1CCCC2(CC1)CC(=O)c1ccccc1O2. The number of ketones is 1. The van der Waals surface area contributed by atoms with Gasteiger partial charge in [-0.15, -0.1) is 0 Å². The maximum atomic E-state index is 12.6. The number of ether oxygens (including phenoxy) is 1. The highest BCUT2D eigenvalue weighted by Crippen LogP contribution is 2.39. The van der Waals surface area contributed by atoms with Crippen LogP contribution in [-0.2, 0) is 11.2 Å². The Labute approximate surface area is 151 Å². The third-order valence-electron chi connectivity index (χ3n) is 5.31. The van der Waals surface area contributed by atoms with E-state index in [1.54, 1.807) is 6.92 Å². The molecule has 1 unspecified atom stereocenters. The number of Topliss-reactive ketones (excluding diaryl/α,β-unsaturated/α-hetero) is 1. The average Bonchev–Trinajstić information content (AvgIpc) is 2.91. The fourth-order valence-corrected chi connectivity index (χ4v) is 3.80. The Morgan fingerprint density at radius 1 is 1.23 bits per heavy atom. The van der Waals surface area contributed by atoms with E-state index in [1.807, 2.05) is 29.2 Å². The van der Waals surface area contributed by atoms with Crippen molar-refractivity contribution in [2.75, 3.05) is 13.1 Å². The van der Waals surface area contributed by atoms with Gasteiger partial charge in [-0.1, -0.05) is 22.4 Å². The van der Waals surface area contributed by atoms with Gasteiger partial charge in [0.25, 0.3) is 0 Å². The summed E-state index contributed by atoms with van der Waals surface area (Å²) in [5.41, 5.74) is 1.37. The standard InChI is InChI=1S/C19H21N3O4/c1-13-15(21-26-20-13)11-18(24)22-9-4-7-19(8-10-22)12-16(23)14-5-2-3-6-17(14)25-19/h2-3,5-6H,4,7-12H2,1H3. The molecule has 3 heterocycles. The average molecular weight is 355 g/mol. The van der Waals surface area contributed by atoms with Crippen LogP contribution in [0.5, 0.6) is 5.75 Å². The summed E-state index contributed by atoms with van der Waals surface area (Å²) >= 11 is 0. The van der Waals surface area contributed by atoms with Gasteiger partial charge in [-0.3, -0.25) is 9.59 Å². The van der Waals surface area contributed by atoms with Crippen LogP contribution in [0.2, 0.25) is 0 Å². The van der Waals surface area contributed by atoms with Crippen molar-refractivity contribution < 1.29 is 19.0 Å². The Hall–Kier alpha value is -2.70. The van der Waals surface area contributed by atoms with E-state index in [-0.39, 0.29) is 18.1 Å². The van der Waals surface area contributed by atoms with Crippen molar-refractivity contribution >= 4 is 11.7 Å². The smallest absolute Gasteiger partial charge is 0.228 e. The van der Waals surface area contributed by atoms with Gasteiger partial charge in [-0.25, -0.2) is 4.63 Å². The summed E-state index contributed by atoms with van der Waals surface area (Å²) in [6.45, 7) is 3.00. The summed E-state index contributed by atoms with van der Waals surface area (Å²) < 4.78 is 10.9. The third kappa shape index (κ3) is 3.09. The molecule has 2 aliphatic rings. The summed E-state index contributed by atoms with van der Waals surface area (Å²) in [7, 11) is 0. The van der Waals surface area contributed by atoms with E-state index in [9.17, 15) is 9.59 Å². The Kier molecular flexibility index (Phi) is 4.22. The van der Waals surface area contributed by atoms with E-state index in [1.165, 1.54) is 0 Å². The predicted octanol–water partition coefficient (Wildman–Crippen LogP) is 2.34. The molecule has 2 aromatic rings. The van der Waals surface area contributed by atoms with E-state index in [2.05, 4.69) is 14.9 Å². The van der Waals surface area contributed by atoms with E-state index in [0.717, 1.165) is 12.8 Å². The van der Waals surface area contributed by atoms with Gasteiger partial charge in [0.1, 0.15) is 22.7 Å². The number of aromatic nitrogens is 2. The number of para-hydroxylation sites is 1. The topological polar surface area (TPSA) is 85.5 Å². The number of fused-ring (bicyclic) bond motifs is 1. The number of amides is 1. The fraction of sp³-hybridized carbons (Fsp3) is 0.474. The molecule has 0 bridgehead atoms. The van der Waals surface area contributed by atoms with Crippen LogP contribution in [0.25, 0.3) is 0 Å². The molecule has 136 valence electrons. The zero-order chi connectivity index (χ0) is 18.1. The van der Waals surface area contributed by atoms with Crippen molar-refractivity contribution in [2.24, 2.45) is 0 Å². The summed E-state index contributed by atoms with van der Waals surface area (Å²) in [6.07, 6.45) is 2.77. The van der Waals surface area contributed by atoms with E-state index in [4.69, 9.17) is 4.74 Å². The van der Waals surface area contributed by atoms with Crippen LogP contribution in [-0.4, -0.2) is 45.6 Å². The molecule has 1 aromatic carbocycles. The van der Waals surface area contributed by atoms with Crippen molar-refractivity contribution in [3.8, 4) is 5.75 Å². The first-order chi connectivity index (χ1) is 12.6. The van der Waals surface area contributed by atoms with Gasteiger partial charge in [0.15, 0.2) is 5.78 Å². The molecule has 1 fully saturated rings. The predicted molar refractivity (Wildman–Crippen MR) is 91.9 cm³/mol. The summed E-state index contributed by atoms with van der Waals surface area (Å²) in [5.74, 6) is 0.784. The van der Waals surface area contributed by atoms with Crippen LogP contribution in [0.1, 0.15) is 47.4 Å². The monoisotopic (exact) mass is 355 g/mol. The molecule has 1 saturated heterocycles. The van der Waals surface area contributed by atoms with Gasteiger partial charge in [0.2, 0.25) is 5.91 Å². The van der Waals surface area contributed by atoms with Crippen LogP contribution in [0.4, 0.5) is 0 Å². The molecule has 1 aromatic heterocycles. The van der Waals surface area contributed by atoms with Crippen molar-refractivity contribution in [1.29, 1.82) is 0 Å². The molecule has 0 radical (unpaired) electrons. The zero-order valence-corrected chi connectivity index (χ0v) is 14.7. The van der Waals surface area contributed by atoms with E-state index in [0.29, 0.717) is 48.6 Å². The highest BCUT2D eigenvalue weighted by atomic mass is 16.6. The number of benzene rings is 1. The Morgan fingerprint density at radius 3 is 2.88 bits per heavy atom. The molecule has 26 heavy (non-hydrogen) atoms. The van der Waals surface area contributed by atoms with Crippen molar-refractivity contribution in [1.82, 2.24) is 15.2 Å². The number of hydrogen-bond acceptors (Lipinski definition) is 6. The van der Waals surface area contributed by atoms with Gasteiger partial charge in [0, 0.05) is 19.5 Å². The molecule has 0 saturated carbocycles. The van der Waals surface area contributed by atoms with Crippen LogP contribution in [0.3, 0.4) is 0 Å². The second-order valence-electron chi connectivity index (χ2n) is 7.09. The number of hydrogen-bond donors (Lipinski definition) is 0. The van der Waals surface area contributed by atoms with Crippen LogP contribution in [0, 0.1) is 6.92 Å². The number of likely N-dealkylation sites (tertiary alicyclic amines) is 1. The minimum absolute atomic E-state index is 0.00314. The minimum Gasteiger partial charge on any atom is -0.486 e. The molecule has 7 nitrogen and oxygen atoms in total. The first-order valence-corrected chi connectivity index (χ1v) is 8.93. The third-order valence-corrected chi connectivity index (χ3v) is 5.31. The fourth-order valence-electron chi connectivity index (χ4n) is 3.80. The van der Waals surface area contributed by atoms with E-state index < -0.39 is 5.60 Å². The van der Waals surface area contributed by atoms with Gasteiger partial charge < -0.3 is 9.64 Å². The quantitative estimate of drug-likeness (QED) is 0.822. The second-order valence-corrected chi connectivity index (χ2v) is 7.09. The highest BCUT2D eigenvalue weighted by Gasteiger charge is 2.42. The molecule has 0 N–H and O–H groups in total. The zero-order valence-electron chi connectivity index (χ0n) is 14.7. The number of nitrogens with zero attached hydrogens (tertiary/aromatic N) is 3. The Bertz CT molecular complexity index is 847. The molecular formula is C19H21N3O4. The lowest BCUT2D eigenvalue weighted by Crippen LogP contribution is -2.43. The summed E-state index contributed by atoms with van der Waals surface area (Å²) in [5, 5.41) is 7.51. The molecule has 1 spiro atoms. The van der Waals surface area contributed by atoms with Crippen molar-refractivity contribution in [3.63, 3.8) is 0 Å². The molecule has 2 aliphatic heterocycles. The van der Waals surface area contributed by atoms with Gasteiger partial charge in [-0.2, -0.15) is 0 Å². The second kappa shape index (κ2) is 6.55. The normalized spacial score (nSPS) is 22.7. The highest BCUT2D eigenvalue weighted by molar-refractivity contribution is 6.00. The number of carbonyl (C=O) groups excluding carboxylic acids is 2. The summed E-state index contributed by atoms with van der Waals surface area (Å²) in [6, 6.07) is 7.39. The van der Waals surface area contributed by atoms with Crippen LogP contribution in [0.15, 0.2) is 28.9 Å². The number of rotatable bonds is 2. The lowest BCUT2D eigenvalue weighted by atomic mass is 9.84. The van der Waals surface area contributed by atoms with Gasteiger partial charge in [-0.05, 0) is 31.9 Å². The maximum absolute atomic E-state index is 12.6. The molecule has 1 amide bonds. The van der Waals surface area contributed by atoms with Gasteiger partial charge in [0.05, 0.1) is 18.4 Å². The first-order valence-electron chi connectivity index (χ1n) is 8.93. The van der Waals surface area contributed by atoms with Crippen LogP contribution >= 0.6 is 0 Å². The lowest BCUT2D eigenvalue weighted by molar-refractivity contribution is -0.130. The number of aryl methyl sites for hydroxylation is 1. The minimum atomic E-state index is -0.508. The molecule has 1 atom stereocenters. The largest absolute Gasteiger partial charge is 0.486 e. The van der Waals surface area contributed by atoms with Crippen LogP contribution < -0.4 is 4.74 Å². The van der Waals surface area contributed by atoms with Gasteiger partial charge >= 0.3 is 0 Å². The molecule has 7 heteroatoms. The van der Waals surface area contributed by atoms with Crippen molar-refractivity contribution in [2.45, 2.75) is 44.6 Å². The Morgan fingerprint density at radius 2 is 2.08 bits per heavy atom. The van der Waals surface area contributed by atoms with Crippen molar-refractivity contribution in [3.05, 3.63) is 41.2 Å². The molecule has 4 rings (SSSR count). The maximum Gasteiger partial charge on any atom is 0.228 e. The first kappa shape index (κ1) is 16.8. The van der Waals surface area contributed by atoms with E-state index >= 15 is 0 Å². The molecular weight excluding hydrogens is 334 g/mol. The summed E-state index contributed by atoms with van der Waals surface area (Å²) in [4.78, 5) is 27.0. The lowest BCUT2D eigenvalue weighted by Gasteiger charge is -2.37. The molecule has 0 aliphatic carbocycles. The number of carbonyl (C=O) groups is 2.